The number of carbonyl (C=O) groups is 1. The molecule has 20 heavy (non-hydrogen) atoms. The van der Waals surface area contributed by atoms with Crippen molar-refractivity contribution in [2.75, 3.05) is 13.7 Å². The van der Waals surface area contributed by atoms with Gasteiger partial charge in [0.2, 0.25) is 5.91 Å². The smallest absolute Gasteiger partial charge is 0.220 e. The molecule has 1 aromatic carbocycles. The first kappa shape index (κ1) is 14.1. The Morgan fingerprint density at radius 2 is 2.30 bits per heavy atom. The van der Waals surface area contributed by atoms with Gasteiger partial charge in [0, 0.05) is 19.4 Å². The Kier molecular flexibility index (Phi) is 5.17. The van der Waals surface area contributed by atoms with Gasteiger partial charge < -0.3 is 14.5 Å². The van der Waals surface area contributed by atoms with Crippen LogP contribution in [-0.2, 0) is 17.6 Å². The fourth-order valence-corrected chi connectivity index (χ4v) is 1.87. The predicted octanol–water partition coefficient (Wildman–Crippen LogP) is 1.97. The molecule has 1 aromatic heterocycles. The van der Waals surface area contributed by atoms with E-state index in [0.29, 0.717) is 25.8 Å². The molecule has 0 saturated heterocycles. The number of hydrogen-bond donors (Lipinski definition) is 1. The number of methoxy groups -OCH3 is 1. The van der Waals surface area contributed by atoms with E-state index in [4.69, 9.17) is 9.15 Å². The topological polar surface area (TPSA) is 64.4 Å². The van der Waals surface area contributed by atoms with Gasteiger partial charge in [-0.3, -0.25) is 4.79 Å². The number of nitrogens with zero attached hydrogens (tertiary/aromatic N) is 1. The summed E-state index contributed by atoms with van der Waals surface area (Å²) in [6.45, 7) is 0.573. The van der Waals surface area contributed by atoms with Crippen LogP contribution in [0.2, 0.25) is 0 Å². The lowest BCUT2D eigenvalue weighted by Gasteiger charge is -2.05. The molecule has 1 amide bonds. The maximum Gasteiger partial charge on any atom is 0.220 e. The number of nitrogens with one attached hydrogen (secondary N) is 1. The minimum absolute atomic E-state index is 0.0383. The van der Waals surface area contributed by atoms with Crippen LogP contribution in [0.4, 0.5) is 0 Å². The van der Waals surface area contributed by atoms with E-state index >= 15 is 0 Å². The van der Waals surface area contributed by atoms with Crippen LogP contribution in [0, 0.1) is 0 Å². The number of aromatic nitrogens is 1. The van der Waals surface area contributed by atoms with E-state index in [1.54, 1.807) is 13.4 Å². The zero-order valence-corrected chi connectivity index (χ0v) is 11.5. The summed E-state index contributed by atoms with van der Waals surface area (Å²) in [6, 6.07) is 7.76. The minimum atomic E-state index is 0.0383. The van der Waals surface area contributed by atoms with Gasteiger partial charge in [-0.05, 0) is 24.1 Å². The highest BCUT2D eigenvalue weighted by molar-refractivity contribution is 5.76. The molecule has 0 saturated carbocycles. The molecule has 1 N–H and O–H groups in total. The molecule has 0 unspecified atom stereocenters. The van der Waals surface area contributed by atoms with Gasteiger partial charge in [-0.15, -0.1) is 0 Å². The monoisotopic (exact) mass is 274 g/mol. The van der Waals surface area contributed by atoms with Gasteiger partial charge in [-0.1, -0.05) is 12.1 Å². The maximum atomic E-state index is 11.7. The number of rotatable bonds is 7. The molecule has 0 spiro atoms. The van der Waals surface area contributed by atoms with Crippen molar-refractivity contribution in [2.24, 2.45) is 0 Å². The molecule has 0 atom stereocenters. The quantitative estimate of drug-likeness (QED) is 0.838. The highest BCUT2D eigenvalue weighted by Gasteiger charge is 2.03. The predicted molar refractivity (Wildman–Crippen MR) is 74.5 cm³/mol. The molecule has 0 aliphatic rings. The van der Waals surface area contributed by atoms with Crippen LogP contribution in [0.25, 0.3) is 0 Å². The second-order valence-corrected chi connectivity index (χ2v) is 4.43. The molecule has 2 aromatic rings. The zero-order chi connectivity index (χ0) is 14.2. The number of hydrogen-bond acceptors (Lipinski definition) is 4. The van der Waals surface area contributed by atoms with E-state index < -0.39 is 0 Å². The molecule has 0 fully saturated rings. The van der Waals surface area contributed by atoms with Gasteiger partial charge >= 0.3 is 0 Å². The van der Waals surface area contributed by atoms with Crippen LogP contribution < -0.4 is 10.1 Å². The van der Waals surface area contributed by atoms with Gasteiger partial charge in [0.05, 0.1) is 12.8 Å². The lowest BCUT2D eigenvalue weighted by molar-refractivity contribution is -0.121. The summed E-state index contributed by atoms with van der Waals surface area (Å²) in [5, 5.41) is 2.87. The van der Waals surface area contributed by atoms with E-state index in [9.17, 15) is 4.79 Å². The summed E-state index contributed by atoms with van der Waals surface area (Å²) in [5.74, 6) is 0.852. The second kappa shape index (κ2) is 7.33. The first-order chi connectivity index (χ1) is 9.78. The van der Waals surface area contributed by atoms with E-state index in [2.05, 4.69) is 10.3 Å². The highest BCUT2D eigenvalue weighted by Crippen LogP contribution is 2.13. The molecular weight excluding hydrogens is 256 g/mol. The number of oxazole rings is 1. The van der Waals surface area contributed by atoms with Gasteiger partial charge in [0.15, 0.2) is 6.39 Å². The van der Waals surface area contributed by atoms with E-state index in [0.717, 1.165) is 17.0 Å². The minimum Gasteiger partial charge on any atom is -0.497 e. The average Bonchev–Trinajstić information content (AvgIpc) is 2.98. The summed E-state index contributed by atoms with van der Waals surface area (Å²) >= 11 is 0. The van der Waals surface area contributed by atoms with Gasteiger partial charge in [0.1, 0.15) is 12.0 Å². The summed E-state index contributed by atoms with van der Waals surface area (Å²) in [4.78, 5) is 15.7. The third-order valence-electron chi connectivity index (χ3n) is 2.96. The summed E-state index contributed by atoms with van der Waals surface area (Å²) < 4.78 is 10.0. The zero-order valence-electron chi connectivity index (χ0n) is 11.5. The molecule has 0 radical (unpaired) electrons. The lowest BCUT2D eigenvalue weighted by atomic mass is 10.1. The molecule has 1 heterocycles. The molecule has 106 valence electrons. The molecule has 5 heteroatoms. The molecule has 0 aliphatic carbocycles. The summed E-state index contributed by atoms with van der Waals surface area (Å²) in [7, 11) is 1.63. The maximum absolute atomic E-state index is 11.7. The fraction of sp³-hybridized carbons (Fsp3) is 0.333. The van der Waals surface area contributed by atoms with Crippen LogP contribution in [-0.4, -0.2) is 24.5 Å². The van der Waals surface area contributed by atoms with E-state index in [1.807, 2.05) is 24.3 Å². The fourth-order valence-electron chi connectivity index (χ4n) is 1.87. The van der Waals surface area contributed by atoms with Crippen molar-refractivity contribution in [3.8, 4) is 5.75 Å². The normalized spacial score (nSPS) is 10.2. The molecule has 2 rings (SSSR count). The molecule has 5 nitrogen and oxygen atoms in total. The molecule has 0 bridgehead atoms. The third-order valence-corrected chi connectivity index (χ3v) is 2.96. The number of amides is 1. The van der Waals surface area contributed by atoms with Gasteiger partial charge in [-0.2, -0.15) is 0 Å². The second-order valence-electron chi connectivity index (χ2n) is 4.43. The van der Waals surface area contributed by atoms with Crippen molar-refractivity contribution in [2.45, 2.75) is 19.3 Å². The van der Waals surface area contributed by atoms with Crippen LogP contribution in [0.3, 0.4) is 0 Å². The standard InChI is InChI=1S/C15H18N2O3/c1-19-14-4-2-3-12(9-14)5-6-15(18)16-8-7-13-10-20-11-17-13/h2-4,9-11H,5-8H2,1H3,(H,16,18). The van der Waals surface area contributed by atoms with Crippen LogP contribution in [0.5, 0.6) is 5.75 Å². The Morgan fingerprint density at radius 3 is 3.05 bits per heavy atom. The van der Waals surface area contributed by atoms with Crippen molar-refractivity contribution in [1.82, 2.24) is 10.3 Å². The summed E-state index contributed by atoms with van der Waals surface area (Å²) in [6.07, 6.45) is 4.82. The molecule has 0 aliphatic heterocycles. The number of ether oxygens (including phenoxy) is 1. The van der Waals surface area contributed by atoms with Crippen LogP contribution in [0.1, 0.15) is 17.7 Å². The Labute approximate surface area is 118 Å². The van der Waals surface area contributed by atoms with Gasteiger partial charge in [0.25, 0.3) is 0 Å². The van der Waals surface area contributed by atoms with Crippen LogP contribution in [0.15, 0.2) is 41.3 Å². The molecular formula is C15H18N2O3. The highest BCUT2D eigenvalue weighted by atomic mass is 16.5. The Morgan fingerprint density at radius 1 is 1.40 bits per heavy atom. The number of carbonyl (C=O) groups excluding carboxylic acids is 1. The lowest BCUT2D eigenvalue weighted by Crippen LogP contribution is -2.25. The van der Waals surface area contributed by atoms with Gasteiger partial charge in [-0.25, -0.2) is 4.98 Å². The largest absolute Gasteiger partial charge is 0.497 e. The third kappa shape index (κ3) is 4.42. The Hall–Kier alpha value is -2.30. The van der Waals surface area contributed by atoms with Crippen molar-refractivity contribution in [3.63, 3.8) is 0 Å². The Balaban J connectivity index is 1.69. The van der Waals surface area contributed by atoms with E-state index in [1.165, 1.54) is 6.39 Å². The van der Waals surface area contributed by atoms with Crippen LogP contribution >= 0.6 is 0 Å². The average molecular weight is 274 g/mol. The van der Waals surface area contributed by atoms with Crippen molar-refractivity contribution < 1.29 is 13.9 Å². The van der Waals surface area contributed by atoms with Crippen molar-refractivity contribution >= 4 is 5.91 Å². The SMILES string of the molecule is COc1cccc(CCC(=O)NCCc2cocn2)c1. The first-order valence-corrected chi connectivity index (χ1v) is 6.54. The number of aryl methyl sites for hydroxylation is 1. The first-order valence-electron chi connectivity index (χ1n) is 6.54. The number of benzene rings is 1. The van der Waals surface area contributed by atoms with Crippen molar-refractivity contribution in [3.05, 3.63) is 48.2 Å². The van der Waals surface area contributed by atoms with E-state index in [-0.39, 0.29) is 5.91 Å². The summed E-state index contributed by atoms with van der Waals surface area (Å²) in [5.41, 5.74) is 1.94. The van der Waals surface area contributed by atoms with Crippen molar-refractivity contribution in [1.29, 1.82) is 0 Å². The Bertz CT molecular complexity index is 538.